The van der Waals surface area contributed by atoms with Crippen molar-refractivity contribution in [2.75, 3.05) is 31.9 Å². The first kappa shape index (κ1) is 18.0. The van der Waals surface area contributed by atoms with E-state index in [1.807, 2.05) is 49.4 Å². The predicted molar refractivity (Wildman–Crippen MR) is 96.5 cm³/mol. The van der Waals surface area contributed by atoms with Crippen LogP contribution in [0.2, 0.25) is 0 Å². The maximum atomic E-state index is 12.1. The summed E-state index contributed by atoms with van der Waals surface area (Å²) in [6, 6.07) is 12.9. The van der Waals surface area contributed by atoms with E-state index in [0.717, 1.165) is 16.3 Å². The number of nitrogens with one attached hydrogen (secondary N) is 1. The summed E-state index contributed by atoms with van der Waals surface area (Å²) >= 11 is 1.43. The Morgan fingerprint density at radius 3 is 2.58 bits per heavy atom. The standard InChI is InChI=1S/C18H21NO4S/c1-4-23-14-7-5-6-13(10-14)19-18(20)12-24-15-8-9-16(21-2)17(11-15)22-3/h5-11H,4,12H2,1-3H3,(H,19,20). The van der Waals surface area contributed by atoms with Gasteiger partial charge in [-0.05, 0) is 37.3 Å². The van der Waals surface area contributed by atoms with Gasteiger partial charge in [0, 0.05) is 16.6 Å². The van der Waals surface area contributed by atoms with Crippen molar-refractivity contribution in [1.29, 1.82) is 0 Å². The largest absolute Gasteiger partial charge is 0.494 e. The van der Waals surface area contributed by atoms with Gasteiger partial charge in [0.2, 0.25) is 5.91 Å². The molecule has 0 aliphatic carbocycles. The van der Waals surface area contributed by atoms with Crippen LogP contribution in [0, 0.1) is 0 Å². The minimum atomic E-state index is -0.0802. The van der Waals surface area contributed by atoms with Gasteiger partial charge in [-0.15, -0.1) is 11.8 Å². The third-order valence-corrected chi connectivity index (χ3v) is 4.15. The topological polar surface area (TPSA) is 56.8 Å². The molecule has 0 saturated heterocycles. The number of benzene rings is 2. The van der Waals surface area contributed by atoms with Gasteiger partial charge in [-0.1, -0.05) is 6.07 Å². The molecule has 5 nitrogen and oxygen atoms in total. The summed E-state index contributed by atoms with van der Waals surface area (Å²) in [5.74, 6) is 2.27. The summed E-state index contributed by atoms with van der Waals surface area (Å²) in [4.78, 5) is 13.0. The number of thioether (sulfide) groups is 1. The van der Waals surface area contributed by atoms with E-state index in [1.54, 1.807) is 14.2 Å². The van der Waals surface area contributed by atoms with Gasteiger partial charge in [-0.3, -0.25) is 4.79 Å². The van der Waals surface area contributed by atoms with Crippen molar-refractivity contribution in [2.24, 2.45) is 0 Å². The van der Waals surface area contributed by atoms with Gasteiger partial charge in [-0.2, -0.15) is 0 Å². The molecule has 0 atom stereocenters. The normalized spacial score (nSPS) is 10.1. The van der Waals surface area contributed by atoms with Crippen molar-refractivity contribution in [3.8, 4) is 17.2 Å². The predicted octanol–water partition coefficient (Wildman–Crippen LogP) is 3.83. The van der Waals surface area contributed by atoms with E-state index in [0.29, 0.717) is 23.9 Å². The molecule has 0 saturated carbocycles. The molecule has 0 aliphatic heterocycles. The highest BCUT2D eigenvalue weighted by molar-refractivity contribution is 8.00. The second-order valence-electron chi connectivity index (χ2n) is 4.81. The number of amides is 1. The summed E-state index contributed by atoms with van der Waals surface area (Å²) in [5, 5.41) is 2.87. The molecule has 0 fully saturated rings. The lowest BCUT2D eigenvalue weighted by atomic mass is 10.3. The molecule has 2 aromatic rings. The van der Waals surface area contributed by atoms with Crippen LogP contribution in [-0.4, -0.2) is 32.5 Å². The molecule has 2 aromatic carbocycles. The van der Waals surface area contributed by atoms with E-state index in [9.17, 15) is 4.79 Å². The SMILES string of the molecule is CCOc1cccc(NC(=O)CSc2ccc(OC)c(OC)c2)c1. The van der Waals surface area contributed by atoms with E-state index in [-0.39, 0.29) is 5.91 Å². The van der Waals surface area contributed by atoms with Crippen LogP contribution in [0.5, 0.6) is 17.2 Å². The average Bonchev–Trinajstić information content (AvgIpc) is 2.60. The highest BCUT2D eigenvalue weighted by Gasteiger charge is 2.08. The smallest absolute Gasteiger partial charge is 0.234 e. The molecular weight excluding hydrogens is 326 g/mol. The Labute approximate surface area is 146 Å². The maximum absolute atomic E-state index is 12.1. The molecule has 1 amide bonds. The highest BCUT2D eigenvalue weighted by atomic mass is 32.2. The van der Waals surface area contributed by atoms with Crippen molar-refractivity contribution < 1.29 is 19.0 Å². The highest BCUT2D eigenvalue weighted by Crippen LogP contribution is 2.31. The van der Waals surface area contributed by atoms with Crippen LogP contribution in [0.3, 0.4) is 0 Å². The van der Waals surface area contributed by atoms with Crippen LogP contribution < -0.4 is 19.5 Å². The van der Waals surface area contributed by atoms with E-state index in [1.165, 1.54) is 11.8 Å². The molecule has 2 rings (SSSR count). The Kier molecular flexibility index (Phi) is 6.81. The van der Waals surface area contributed by atoms with Gasteiger partial charge in [0.15, 0.2) is 11.5 Å². The van der Waals surface area contributed by atoms with E-state index >= 15 is 0 Å². The van der Waals surface area contributed by atoms with Gasteiger partial charge in [0.05, 0.1) is 26.6 Å². The molecule has 0 aromatic heterocycles. The second kappa shape index (κ2) is 9.08. The van der Waals surface area contributed by atoms with Crippen molar-refractivity contribution in [3.05, 3.63) is 42.5 Å². The quantitative estimate of drug-likeness (QED) is 0.736. The molecule has 1 N–H and O–H groups in total. The first-order chi connectivity index (χ1) is 11.7. The number of carbonyl (C=O) groups is 1. The van der Waals surface area contributed by atoms with Gasteiger partial charge in [0.25, 0.3) is 0 Å². The second-order valence-corrected chi connectivity index (χ2v) is 5.86. The van der Waals surface area contributed by atoms with Crippen molar-refractivity contribution >= 4 is 23.4 Å². The zero-order valence-corrected chi connectivity index (χ0v) is 14.8. The van der Waals surface area contributed by atoms with Crippen molar-refractivity contribution in [2.45, 2.75) is 11.8 Å². The number of hydrogen-bond acceptors (Lipinski definition) is 5. The molecule has 24 heavy (non-hydrogen) atoms. The van der Waals surface area contributed by atoms with E-state index in [2.05, 4.69) is 5.32 Å². The minimum absolute atomic E-state index is 0.0802. The van der Waals surface area contributed by atoms with Crippen molar-refractivity contribution in [1.82, 2.24) is 0 Å². The molecule has 6 heteroatoms. The maximum Gasteiger partial charge on any atom is 0.234 e. The Hall–Kier alpha value is -2.34. The Morgan fingerprint density at radius 1 is 1.08 bits per heavy atom. The summed E-state index contributed by atoms with van der Waals surface area (Å²) in [6.45, 7) is 2.51. The molecule has 0 bridgehead atoms. The monoisotopic (exact) mass is 347 g/mol. The van der Waals surface area contributed by atoms with Crippen LogP contribution in [0.25, 0.3) is 0 Å². The molecule has 0 radical (unpaired) electrons. The summed E-state index contributed by atoms with van der Waals surface area (Å²) in [5.41, 5.74) is 0.721. The number of anilines is 1. The number of ether oxygens (including phenoxy) is 3. The van der Waals surface area contributed by atoms with E-state index in [4.69, 9.17) is 14.2 Å². The minimum Gasteiger partial charge on any atom is -0.494 e. The third-order valence-electron chi connectivity index (χ3n) is 3.15. The zero-order valence-electron chi connectivity index (χ0n) is 14.0. The Balaban J connectivity index is 1.92. The van der Waals surface area contributed by atoms with Gasteiger partial charge in [0.1, 0.15) is 5.75 Å². The molecule has 0 aliphatic rings. The molecule has 0 spiro atoms. The van der Waals surface area contributed by atoms with Crippen LogP contribution >= 0.6 is 11.8 Å². The van der Waals surface area contributed by atoms with Gasteiger partial charge >= 0.3 is 0 Å². The van der Waals surface area contributed by atoms with Crippen LogP contribution in [0.15, 0.2) is 47.4 Å². The van der Waals surface area contributed by atoms with Gasteiger partial charge in [-0.25, -0.2) is 0 Å². The Bertz CT molecular complexity index is 690. The lowest BCUT2D eigenvalue weighted by Gasteiger charge is -2.10. The molecular formula is C18H21NO4S. The summed E-state index contributed by atoms with van der Waals surface area (Å²) in [6.07, 6.45) is 0. The molecule has 0 heterocycles. The first-order valence-electron chi connectivity index (χ1n) is 7.53. The molecule has 0 unspecified atom stereocenters. The fraction of sp³-hybridized carbons (Fsp3) is 0.278. The molecule has 128 valence electrons. The van der Waals surface area contributed by atoms with Gasteiger partial charge < -0.3 is 19.5 Å². The number of hydrogen-bond donors (Lipinski definition) is 1. The van der Waals surface area contributed by atoms with Crippen molar-refractivity contribution in [3.63, 3.8) is 0 Å². The Morgan fingerprint density at radius 2 is 1.88 bits per heavy atom. The zero-order chi connectivity index (χ0) is 17.4. The van der Waals surface area contributed by atoms with Crippen LogP contribution in [0.4, 0.5) is 5.69 Å². The summed E-state index contributed by atoms with van der Waals surface area (Å²) in [7, 11) is 3.18. The number of carbonyl (C=O) groups excluding carboxylic acids is 1. The van der Waals surface area contributed by atoms with E-state index < -0.39 is 0 Å². The lowest BCUT2D eigenvalue weighted by molar-refractivity contribution is -0.113. The number of rotatable bonds is 8. The van der Waals surface area contributed by atoms with Crippen LogP contribution in [-0.2, 0) is 4.79 Å². The average molecular weight is 347 g/mol. The number of methoxy groups -OCH3 is 2. The third kappa shape index (κ3) is 5.09. The summed E-state index contributed by atoms with van der Waals surface area (Å²) < 4.78 is 15.9. The van der Waals surface area contributed by atoms with Crippen LogP contribution in [0.1, 0.15) is 6.92 Å². The lowest BCUT2D eigenvalue weighted by Crippen LogP contribution is -2.14. The first-order valence-corrected chi connectivity index (χ1v) is 8.52. The fourth-order valence-corrected chi connectivity index (χ4v) is 2.81. The fourth-order valence-electron chi connectivity index (χ4n) is 2.08.